The number of fused-ring (bicyclic) bond motifs is 1. The van der Waals surface area contributed by atoms with E-state index in [1.54, 1.807) is 30.3 Å². The predicted octanol–water partition coefficient (Wildman–Crippen LogP) is 3.77. The van der Waals surface area contributed by atoms with Crippen molar-refractivity contribution in [2.24, 2.45) is 0 Å². The van der Waals surface area contributed by atoms with Crippen molar-refractivity contribution in [3.05, 3.63) is 89.9 Å². The smallest absolute Gasteiger partial charge is 0.261 e. The number of pyridine rings is 1. The van der Waals surface area contributed by atoms with Crippen LogP contribution in [0.3, 0.4) is 0 Å². The Morgan fingerprint density at radius 3 is 2.64 bits per heavy atom. The fourth-order valence-electron chi connectivity index (χ4n) is 3.31. The van der Waals surface area contributed by atoms with E-state index in [0.717, 1.165) is 16.9 Å². The highest BCUT2D eigenvalue weighted by atomic mass is 32.2. The lowest BCUT2D eigenvalue weighted by Gasteiger charge is -2.10. The topological polar surface area (TPSA) is 102 Å². The second-order valence-corrected chi connectivity index (χ2v) is 9.16. The first-order valence-electron chi connectivity index (χ1n) is 10.4. The summed E-state index contributed by atoms with van der Waals surface area (Å²) in [6, 6.07) is 16.4. The minimum atomic E-state index is -3.81. The van der Waals surface area contributed by atoms with Gasteiger partial charge in [0.05, 0.1) is 23.7 Å². The number of sulfonamides is 1. The zero-order chi connectivity index (χ0) is 23.4. The van der Waals surface area contributed by atoms with E-state index >= 15 is 0 Å². The van der Waals surface area contributed by atoms with Crippen LogP contribution in [-0.4, -0.2) is 30.3 Å². The van der Waals surface area contributed by atoms with Crippen molar-refractivity contribution in [1.29, 1.82) is 0 Å². The molecule has 2 heterocycles. The maximum Gasteiger partial charge on any atom is 0.261 e. The van der Waals surface area contributed by atoms with Crippen LogP contribution in [-0.2, 0) is 16.6 Å². The zero-order valence-corrected chi connectivity index (χ0v) is 19.1. The van der Waals surface area contributed by atoms with Crippen molar-refractivity contribution >= 4 is 27.3 Å². The molecule has 8 nitrogen and oxygen atoms in total. The molecule has 0 radical (unpaired) electrons. The fourth-order valence-corrected chi connectivity index (χ4v) is 4.36. The number of hydrogen-bond acceptors (Lipinski definition) is 5. The van der Waals surface area contributed by atoms with Crippen LogP contribution in [0, 0.1) is 6.92 Å². The highest BCUT2D eigenvalue weighted by Gasteiger charge is 2.15. The van der Waals surface area contributed by atoms with Crippen molar-refractivity contribution in [3.63, 3.8) is 0 Å². The number of carbonyl (C=O) groups is 1. The summed E-state index contributed by atoms with van der Waals surface area (Å²) in [6.45, 7) is 4.60. The molecule has 33 heavy (non-hydrogen) atoms. The lowest BCUT2D eigenvalue weighted by Crippen LogP contribution is -2.23. The number of anilines is 1. The number of nitrogens with one attached hydrogen (secondary N) is 2. The van der Waals surface area contributed by atoms with Gasteiger partial charge in [0.25, 0.3) is 15.9 Å². The number of amides is 1. The summed E-state index contributed by atoms with van der Waals surface area (Å²) in [7, 11) is -3.81. The zero-order valence-electron chi connectivity index (χ0n) is 18.3. The molecule has 0 aliphatic heterocycles. The monoisotopic (exact) mass is 464 g/mol. The molecule has 0 aliphatic rings. The molecule has 0 saturated carbocycles. The summed E-state index contributed by atoms with van der Waals surface area (Å²) in [4.78, 5) is 17.2. The number of aryl methyl sites for hydroxylation is 1. The van der Waals surface area contributed by atoms with E-state index in [0.29, 0.717) is 23.6 Å². The first-order valence-corrected chi connectivity index (χ1v) is 11.9. The van der Waals surface area contributed by atoms with Crippen molar-refractivity contribution in [1.82, 2.24) is 14.7 Å². The maximum atomic E-state index is 12.7. The normalized spacial score (nSPS) is 11.3. The van der Waals surface area contributed by atoms with Crippen molar-refractivity contribution < 1.29 is 17.9 Å². The van der Waals surface area contributed by atoms with Crippen LogP contribution < -0.4 is 14.8 Å². The minimum absolute atomic E-state index is 0.0999. The van der Waals surface area contributed by atoms with Gasteiger partial charge in [-0.05, 0) is 74.0 Å². The number of carbonyl (C=O) groups excluding carboxylic acids is 1. The van der Waals surface area contributed by atoms with Gasteiger partial charge in [0.2, 0.25) is 0 Å². The molecule has 4 rings (SSSR count). The van der Waals surface area contributed by atoms with E-state index in [1.807, 2.05) is 42.8 Å². The average molecular weight is 465 g/mol. The number of nitrogens with zero attached hydrogens (tertiary/aromatic N) is 2. The molecule has 0 spiro atoms. The molecule has 2 aromatic heterocycles. The summed E-state index contributed by atoms with van der Waals surface area (Å²) in [5.41, 5.74) is 3.26. The minimum Gasteiger partial charge on any atom is -0.494 e. The highest BCUT2D eigenvalue weighted by molar-refractivity contribution is 7.92. The quantitative estimate of drug-likeness (QED) is 0.413. The van der Waals surface area contributed by atoms with E-state index in [2.05, 4.69) is 15.0 Å². The molecule has 4 aromatic rings. The van der Waals surface area contributed by atoms with Crippen LogP contribution in [0.25, 0.3) is 5.65 Å². The second kappa shape index (κ2) is 9.33. The maximum absolute atomic E-state index is 12.7. The van der Waals surface area contributed by atoms with E-state index in [-0.39, 0.29) is 17.3 Å². The van der Waals surface area contributed by atoms with E-state index in [1.165, 1.54) is 18.2 Å². The Bertz CT molecular complexity index is 1400. The second-order valence-electron chi connectivity index (χ2n) is 7.48. The number of ether oxygens (including phenoxy) is 1. The average Bonchev–Trinajstić information content (AvgIpc) is 3.20. The molecular formula is C24H24N4O4S. The third-order valence-electron chi connectivity index (χ3n) is 4.92. The molecule has 0 saturated heterocycles. The van der Waals surface area contributed by atoms with Gasteiger partial charge in [-0.25, -0.2) is 13.4 Å². The van der Waals surface area contributed by atoms with Crippen molar-refractivity contribution in [2.45, 2.75) is 25.3 Å². The SMILES string of the molecule is CCOc1ccc(S(=O)(=O)Nc2cccc(C(=O)NCc3cn4ccc(C)cc4n3)c2)cc1. The summed E-state index contributed by atoms with van der Waals surface area (Å²) < 4.78 is 35.2. The molecule has 0 unspecified atom stereocenters. The standard InChI is InChI=1S/C24H24N4O4S/c1-3-32-21-7-9-22(10-8-21)33(30,31)27-19-6-4-5-18(14-19)24(29)25-15-20-16-28-12-11-17(2)13-23(28)26-20/h4-14,16,27H,3,15H2,1-2H3,(H,25,29). The van der Waals surface area contributed by atoms with Gasteiger partial charge in [0.1, 0.15) is 11.4 Å². The van der Waals surface area contributed by atoms with Crippen LogP contribution in [0.4, 0.5) is 5.69 Å². The van der Waals surface area contributed by atoms with E-state index in [9.17, 15) is 13.2 Å². The van der Waals surface area contributed by atoms with Gasteiger partial charge in [-0.15, -0.1) is 0 Å². The van der Waals surface area contributed by atoms with Crippen molar-refractivity contribution in [2.75, 3.05) is 11.3 Å². The Balaban J connectivity index is 1.43. The first kappa shape index (κ1) is 22.3. The van der Waals surface area contributed by atoms with Gasteiger partial charge in [-0.1, -0.05) is 6.07 Å². The number of aromatic nitrogens is 2. The van der Waals surface area contributed by atoms with E-state index in [4.69, 9.17) is 4.74 Å². The predicted molar refractivity (Wildman–Crippen MR) is 126 cm³/mol. The first-order chi connectivity index (χ1) is 15.8. The number of rotatable bonds is 8. The largest absolute Gasteiger partial charge is 0.494 e. The van der Waals surface area contributed by atoms with Gasteiger partial charge in [0, 0.05) is 23.6 Å². The van der Waals surface area contributed by atoms with E-state index < -0.39 is 10.0 Å². The Kier molecular flexibility index (Phi) is 6.32. The third kappa shape index (κ3) is 5.32. The Morgan fingerprint density at radius 2 is 1.88 bits per heavy atom. The molecule has 2 N–H and O–H groups in total. The summed E-state index contributed by atoms with van der Waals surface area (Å²) in [5, 5.41) is 2.82. The Morgan fingerprint density at radius 1 is 1.09 bits per heavy atom. The third-order valence-corrected chi connectivity index (χ3v) is 6.31. The van der Waals surface area contributed by atoms with Crippen LogP contribution in [0.15, 0.2) is 78.0 Å². The van der Waals surface area contributed by atoms with Crippen LogP contribution in [0.1, 0.15) is 28.5 Å². The van der Waals surface area contributed by atoms with Gasteiger partial charge in [0.15, 0.2) is 0 Å². The molecule has 1 amide bonds. The summed E-state index contributed by atoms with van der Waals surface area (Å²) in [6.07, 6.45) is 3.78. The fraction of sp³-hybridized carbons (Fsp3) is 0.167. The molecule has 9 heteroatoms. The molecule has 0 fully saturated rings. The molecular weight excluding hydrogens is 440 g/mol. The lowest BCUT2D eigenvalue weighted by atomic mass is 10.2. The van der Waals surface area contributed by atoms with Crippen LogP contribution in [0.2, 0.25) is 0 Å². The van der Waals surface area contributed by atoms with Crippen LogP contribution in [0.5, 0.6) is 5.75 Å². The van der Waals surface area contributed by atoms with Gasteiger partial charge < -0.3 is 14.5 Å². The van der Waals surface area contributed by atoms with Crippen molar-refractivity contribution in [3.8, 4) is 5.75 Å². The van der Waals surface area contributed by atoms with Gasteiger partial charge in [-0.2, -0.15) is 0 Å². The molecule has 2 aromatic carbocycles. The molecule has 170 valence electrons. The molecule has 0 bridgehead atoms. The Hall–Kier alpha value is -3.85. The molecule has 0 atom stereocenters. The summed E-state index contributed by atoms with van der Waals surface area (Å²) in [5.74, 6) is 0.265. The number of imidazole rings is 1. The number of benzene rings is 2. The van der Waals surface area contributed by atoms with Crippen LogP contribution >= 0.6 is 0 Å². The number of hydrogen-bond donors (Lipinski definition) is 2. The Labute approximate surface area is 192 Å². The summed E-state index contributed by atoms with van der Waals surface area (Å²) >= 11 is 0. The highest BCUT2D eigenvalue weighted by Crippen LogP contribution is 2.20. The van der Waals surface area contributed by atoms with Gasteiger partial charge in [-0.3, -0.25) is 9.52 Å². The lowest BCUT2D eigenvalue weighted by molar-refractivity contribution is 0.0950. The molecule has 0 aliphatic carbocycles. The van der Waals surface area contributed by atoms with Gasteiger partial charge >= 0.3 is 0 Å².